The van der Waals surface area contributed by atoms with E-state index in [0.29, 0.717) is 0 Å². The topological polar surface area (TPSA) is 13.1 Å². The Balaban J connectivity index is 1.22. The fourth-order valence-corrected chi connectivity index (χ4v) is 10.1. The molecule has 54 heavy (non-hydrogen) atoms. The number of rotatable bonds is 2. The van der Waals surface area contributed by atoms with E-state index in [0.717, 1.165) is 11.2 Å². The van der Waals surface area contributed by atoms with Gasteiger partial charge in [-0.3, -0.25) is 0 Å². The van der Waals surface area contributed by atoms with Crippen LogP contribution in [0.5, 0.6) is 0 Å². The van der Waals surface area contributed by atoms with Crippen LogP contribution in [0.3, 0.4) is 0 Å². The van der Waals surface area contributed by atoms with Gasteiger partial charge >= 0.3 is 0 Å². The molecule has 0 radical (unpaired) electrons. The monoisotopic (exact) mass is 686 g/mol. The molecule has 0 atom stereocenters. The summed E-state index contributed by atoms with van der Waals surface area (Å²) in [5, 5.41) is 14.8. The van der Waals surface area contributed by atoms with Gasteiger partial charge in [-0.1, -0.05) is 166 Å². The second-order valence-electron chi connectivity index (χ2n) is 15.5. The average molecular weight is 687 g/mol. The van der Waals surface area contributed by atoms with Crippen molar-refractivity contribution in [2.24, 2.45) is 0 Å². The van der Waals surface area contributed by atoms with Crippen LogP contribution in [0.4, 0.5) is 0 Å². The summed E-state index contributed by atoms with van der Waals surface area (Å²) in [5.74, 6) is 0. The highest BCUT2D eigenvalue weighted by molar-refractivity contribution is 6.31. The number of hydrogen-bond acceptors (Lipinski definition) is 1. The maximum atomic E-state index is 6.78. The molecule has 1 heterocycles. The Hall–Kier alpha value is -6.70. The Kier molecular flexibility index (Phi) is 5.90. The zero-order valence-corrected chi connectivity index (χ0v) is 30.1. The number of fused-ring (bicyclic) bond motifs is 14. The maximum Gasteiger partial charge on any atom is 0.136 e. The van der Waals surface area contributed by atoms with Crippen molar-refractivity contribution in [3.63, 3.8) is 0 Å². The molecule has 1 aliphatic carbocycles. The van der Waals surface area contributed by atoms with Crippen molar-refractivity contribution in [1.82, 2.24) is 0 Å². The van der Waals surface area contributed by atoms with Gasteiger partial charge in [0.15, 0.2) is 0 Å². The van der Waals surface area contributed by atoms with Gasteiger partial charge in [-0.2, -0.15) is 0 Å². The Morgan fingerprint density at radius 2 is 0.796 bits per heavy atom. The fraction of sp³-hybridized carbons (Fsp3) is 0.0566. The molecule has 0 amide bonds. The van der Waals surface area contributed by atoms with Crippen molar-refractivity contribution >= 4 is 75.8 Å². The van der Waals surface area contributed by atoms with E-state index < -0.39 is 0 Å². The first kappa shape index (κ1) is 29.8. The Morgan fingerprint density at radius 3 is 1.44 bits per heavy atom. The summed E-state index contributed by atoms with van der Waals surface area (Å²) in [6.45, 7) is 4.77. The largest absolute Gasteiger partial charge is 0.456 e. The van der Waals surface area contributed by atoms with Crippen LogP contribution in [0.25, 0.3) is 109 Å². The third kappa shape index (κ3) is 3.83. The van der Waals surface area contributed by atoms with E-state index in [1.54, 1.807) is 0 Å². The summed E-state index contributed by atoms with van der Waals surface area (Å²) in [6, 6.07) is 62.8. The summed E-state index contributed by atoms with van der Waals surface area (Å²) in [5.41, 5.74) is 12.2. The normalized spacial score (nSPS) is 13.5. The highest BCUT2D eigenvalue weighted by Crippen LogP contribution is 2.55. The van der Waals surface area contributed by atoms with Gasteiger partial charge in [-0.15, -0.1) is 0 Å². The van der Waals surface area contributed by atoms with Crippen molar-refractivity contribution in [3.05, 3.63) is 181 Å². The van der Waals surface area contributed by atoms with E-state index in [2.05, 4.69) is 184 Å². The molecular weight excluding hydrogens is 653 g/mol. The van der Waals surface area contributed by atoms with Crippen LogP contribution in [0.1, 0.15) is 25.0 Å². The first-order chi connectivity index (χ1) is 26.6. The zero-order valence-electron chi connectivity index (χ0n) is 30.1. The second kappa shape index (κ2) is 10.7. The Labute approximate surface area is 312 Å². The van der Waals surface area contributed by atoms with Crippen LogP contribution >= 0.6 is 0 Å². The van der Waals surface area contributed by atoms with Gasteiger partial charge in [0.2, 0.25) is 0 Å². The molecule has 0 unspecified atom stereocenters. The maximum absolute atomic E-state index is 6.78. The highest BCUT2D eigenvalue weighted by Gasteiger charge is 2.37. The molecule has 12 rings (SSSR count). The molecule has 0 fully saturated rings. The van der Waals surface area contributed by atoms with Gasteiger partial charge in [-0.25, -0.2) is 0 Å². The van der Waals surface area contributed by atoms with Gasteiger partial charge in [0, 0.05) is 16.2 Å². The molecule has 0 bridgehead atoms. The van der Waals surface area contributed by atoms with Gasteiger partial charge in [0.05, 0.1) is 0 Å². The van der Waals surface area contributed by atoms with E-state index in [4.69, 9.17) is 4.42 Å². The molecule has 0 saturated heterocycles. The zero-order chi connectivity index (χ0) is 35.7. The first-order valence-corrected chi connectivity index (χ1v) is 18.9. The van der Waals surface area contributed by atoms with Gasteiger partial charge in [0.25, 0.3) is 0 Å². The minimum atomic E-state index is -0.123. The first-order valence-electron chi connectivity index (χ1n) is 18.9. The van der Waals surface area contributed by atoms with Crippen LogP contribution in [-0.4, -0.2) is 0 Å². The van der Waals surface area contributed by atoms with Crippen molar-refractivity contribution in [3.8, 4) is 33.4 Å². The minimum absolute atomic E-state index is 0.123. The van der Waals surface area contributed by atoms with Crippen LogP contribution in [0.15, 0.2) is 174 Å². The summed E-state index contributed by atoms with van der Waals surface area (Å²) < 4.78 is 6.78. The van der Waals surface area contributed by atoms with Crippen molar-refractivity contribution in [2.45, 2.75) is 19.3 Å². The van der Waals surface area contributed by atoms with Gasteiger partial charge in [0.1, 0.15) is 11.2 Å². The summed E-state index contributed by atoms with van der Waals surface area (Å²) in [6.07, 6.45) is 0. The molecule has 11 aromatic rings. The lowest BCUT2D eigenvalue weighted by Crippen LogP contribution is -2.15. The smallest absolute Gasteiger partial charge is 0.136 e. The van der Waals surface area contributed by atoms with Crippen LogP contribution in [0.2, 0.25) is 0 Å². The van der Waals surface area contributed by atoms with E-state index in [9.17, 15) is 0 Å². The molecule has 1 heteroatoms. The van der Waals surface area contributed by atoms with Crippen molar-refractivity contribution < 1.29 is 4.42 Å². The van der Waals surface area contributed by atoms with Crippen LogP contribution < -0.4 is 0 Å². The minimum Gasteiger partial charge on any atom is -0.456 e. The number of furan rings is 1. The molecule has 0 spiro atoms. The third-order valence-electron chi connectivity index (χ3n) is 12.4. The number of benzene rings is 10. The third-order valence-corrected chi connectivity index (χ3v) is 12.4. The SMILES string of the molecule is CC1(C)c2ccccc2-c2c1cc(-c1c3ccccc3c(-c3cc4oc5ccc6ccccc6c5c4c4ccccc34)c3ccccc13)c1ccccc21. The summed E-state index contributed by atoms with van der Waals surface area (Å²) in [4.78, 5) is 0. The lowest BCUT2D eigenvalue weighted by atomic mass is 9.78. The highest BCUT2D eigenvalue weighted by atomic mass is 16.3. The summed E-state index contributed by atoms with van der Waals surface area (Å²) >= 11 is 0. The Bertz CT molecular complexity index is 3350. The fourth-order valence-electron chi connectivity index (χ4n) is 10.1. The average Bonchev–Trinajstić information content (AvgIpc) is 3.72. The molecule has 10 aromatic carbocycles. The standard InChI is InChI=1S/C53H34O/c1-53(2)44-26-14-13-25-41(44)50-35-19-7-5-17-33(35)42(29-45(50)53)48-37-21-9-11-23-39(37)49(40-24-12-10-22-38(40)48)43-30-47-52(36-20-8-6-18-34(36)43)51-32-16-4-3-15-31(32)27-28-46(51)54-47/h3-30H,1-2H3. The number of hydrogen-bond donors (Lipinski definition) is 0. The second-order valence-corrected chi connectivity index (χ2v) is 15.5. The molecule has 0 N–H and O–H groups in total. The molecule has 252 valence electrons. The molecule has 0 saturated carbocycles. The molecular formula is C53H34O. The van der Waals surface area contributed by atoms with Gasteiger partial charge < -0.3 is 4.42 Å². The predicted molar refractivity (Wildman–Crippen MR) is 230 cm³/mol. The molecule has 1 nitrogen and oxygen atoms in total. The molecule has 1 aromatic heterocycles. The summed E-state index contributed by atoms with van der Waals surface area (Å²) in [7, 11) is 0. The lowest BCUT2D eigenvalue weighted by molar-refractivity contribution is 0.661. The van der Waals surface area contributed by atoms with Crippen molar-refractivity contribution in [2.75, 3.05) is 0 Å². The quantitative estimate of drug-likeness (QED) is 0.165. The van der Waals surface area contributed by atoms with Crippen LogP contribution in [0, 0.1) is 0 Å². The van der Waals surface area contributed by atoms with Crippen LogP contribution in [-0.2, 0) is 5.41 Å². The van der Waals surface area contributed by atoms with E-state index in [1.807, 2.05) is 0 Å². The van der Waals surface area contributed by atoms with E-state index in [1.165, 1.54) is 109 Å². The van der Waals surface area contributed by atoms with Crippen molar-refractivity contribution in [1.29, 1.82) is 0 Å². The van der Waals surface area contributed by atoms with E-state index in [-0.39, 0.29) is 5.41 Å². The lowest BCUT2D eigenvalue weighted by Gasteiger charge is -2.24. The predicted octanol–water partition coefficient (Wildman–Crippen LogP) is 15.0. The molecule has 1 aliphatic rings. The molecule has 0 aliphatic heterocycles. The van der Waals surface area contributed by atoms with E-state index >= 15 is 0 Å². The van der Waals surface area contributed by atoms with Gasteiger partial charge in [-0.05, 0) is 117 Å². The Morgan fingerprint density at radius 1 is 0.333 bits per heavy atom.